The van der Waals surface area contributed by atoms with Crippen LogP contribution in [0.4, 0.5) is 11.4 Å². The molecule has 3 aromatic rings. The lowest BCUT2D eigenvalue weighted by Gasteiger charge is -2.09. The van der Waals surface area contributed by atoms with E-state index in [1.165, 1.54) is 23.9 Å². The number of aliphatic imine (C=N–C) groups is 1. The SMILES string of the molecule is Cc1cc(/C=C2\SC(=Nc3ccccc3)NC2=O)c(C)n1-c1ccc([N+](=O)[O-])cc1. The molecule has 1 aliphatic heterocycles. The van der Waals surface area contributed by atoms with Gasteiger partial charge < -0.3 is 9.88 Å². The fraction of sp³-hybridized carbons (Fsp3) is 0.0909. The van der Waals surface area contributed by atoms with E-state index in [0.29, 0.717) is 10.1 Å². The summed E-state index contributed by atoms with van der Waals surface area (Å²) >= 11 is 1.30. The number of carbonyl (C=O) groups excluding carboxylic acids is 1. The summed E-state index contributed by atoms with van der Waals surface area (Å²) in [4.78, 5) is 27.9. The third kappa shape index (κ3) is 3.90. The highest BCUT2D eigenvalue weighted by atomic mass is 32.2. The first-order valence-corrected chi connectivity index (χ1v) is 10.0. The van der Waals surface area contributed by atoms with Gasteiger partial charge in [0.05, 0.1) is 15.5 Å². The third-order valence-corrected chi connectivity index (χ3v) is 5.62. The van der Waals surface area contributed by atoms with Crippen LogP contribution in [0, 0.1) is 24.0 Å². The van der Waals surface area contributed by atoms with Crippen LogP contribution in [0.15, 0.2) is 70.6 Å². The Morgan fingerprint density at radius 1 is 1.10 bits per heavy atom. The van der Waals surface area contributed by atoms with Gasteiger partial charge in [0, 0.05) is 29.2 Å². The number of nitro groups is 1. The van der Waals surface area contributed by atoms with E-state index in [4.69, 9.17) is 0 Å². The van der Waals surface area contributed by atoms with Crippen LogP contribution in [0.2, 0.25) is 0 Å². The summed E-state index contributed by atoms with van der Waals surface area (Å²) in [5, 5.41) is 14.2. The molecule has 1 amide bonds. The molecule has 1 N–H and O–H groups in total. The van der Waals surface area contributed by atoms with Crippen LogP contribution in [0.3, 0.4) is 0 Å². The number of aryl methyl sites for hydroxylation is 1. The zero-order valence-corrected chi connectivity index (χ0v) is 17.1. The number of amidine groups is 1. The van der Waals surface area contributed by atoms with E-state index >= 15 is 0 Å². The summed E-state index contributed by atoms with van der Waals surface area (Å²) in [5.74, 6) is -0.185. The molecule has 0 aliphatic carbocycles. The molecule has 0 unspecified atom stereocenters. The lowest BCUT2D eigenvalue weighted by atomic mass is 10.2. The van der Waals surface area contributed by atoms with Crippen molar-refractivity contribution in [1.82, 2.24) is 9.88 Å². The Morgan fingerprint density at radius 2 is 1.80 bits per heavy atom. The third-order valence-electron chi connectivity index (χ3n) is 4.71. The standard InChI is InChI=1S/C22H18N4O3S/c1-14-12-16(15(2)25(14)18-8-10-19(11-9-18)26(28)29)13-20-21(27)24-22(30-20)23-17-6-4-3-5-7-17/h3-13H,1-2H3,(H,23,24,27)/b20-13-. The summed E-state index contributed by atoms with van der Waals surface area (Å²) in [6.07, 6.45) is 1.84. The Hall–Kier alpha value is -3.65. The largest absolute Gasteiger partial charge is 0.318 e. The number of hydrogen-bond acceptors (Lipinski definition) is 5. The predicted molar refractivity (Wildman–Crippen MR) is 119 cm³/mol. The Morgan fingerprint density at radius 3 is 2.47 bits per heavy atom. The minimum atomic E-state index is -0.417. The highest BCUT2D eigenvalue weighted by Gasteiger charge is 2.24. The molecule has 1 saturated heterocycles. The van der Waals surface area contributed by atoms with Crippen molar-refractivity contribution in [2.24, 2.45) is 4.99 Å². The van der Waals surface area contributed by atoms with Gasteiger partial charge in [-0.1, -0.05) is 18.2 Å². The first-order chi connectivity index (χ1) is 14.4. The molecule has 4 rings (SSSR count). The van der Waals surface area contributed by atoms with Crippen molar-refractivity contribution in [2.75, 3.05) is 0 Å². The minimum Gasteiger partial charge on any atom is -0.318 e. The molecule has 30 heavy (non-hydrogen) atoms. The molecule has 2 heterocycles. The monoisotopic (exact) mass is 418 g/mol. The molecular weight excluding hydrogens is 400 g/mol. The minimum absolute atomic E-state index is 0.0489. The van der Waals surface area contributed by atoms with Gasteiger partial charge in [-0.3, -0.25) is 14.9 Å². The number of non-ortho nitro benzene ring substituents is 1. The van der Waals surface area contributed by atoms with Gasteiger partial charge in [-0.25, -0.2) is 4.99 Å². The van der Waals surface area contributed by atoms with Crippen molar-refractivity contribution < 1.29 is 9.72 Å². The smallest absolute Gasteiger partial charge is 0.269 e. The first-order valence-electron chi connectivity index (χ1n) is 9.21. The molecule has 0 spiro atoms. The van der Waals surface area contributed by atoms with E-state index in [0.717, 1.165) is 28.3 Å². The molecular formula is C22H18N4O3S. The van der Waals surface area contributed by atoms with E-state index in [9.17, 15) is 14.9 Å². The second kappa shape index (κ2) is 8.00. The molecule has 0 bridgehead atoms. The van der Waals surface area contributed by atoms with Crippen LogP contribution in [-0.4, -0.2) is 20.6 Å². The van der Waals surface area contributed by atoms with E-state index < -0.39 is 4.92 Å². The van der Waals surface area contributed by atoms with Gasteiger partial charge in [0.1, 0.15) is 0 Å². The summed E-state index contributed by atoms with van der Waals surface area (Å²) in [7, 11) is 0. The summed E-state index contributed by atoms with van der Waals surface area (Å²) < 4.78 is 2.01. The summed E-state index contributed by atoms with van der Waals surface area (Å²) in [6, 6.07) is 17.8. The van der Waals surface area contributed by atoms with Crippen LogP contribution in [0.1, 0.15) is 17.0 Å². The summed E-state index contributed by atoms with van der Waals surface area (Å²) in [5.41, 5.74) is 4.47. The van der Waals surface area contributed by atoms with Gasteiger partial charge in [-0.15, -0.1) is 0 Å². The van der Waals surface area contributed by atoms with E-state index in [2.05, 4.69) is 10.3 Å². The Balaban J connectivity index is 1.63. The highest BCUT2D eigenvalue weighted by Crippen LogP contribution is 2.30. The fourth-order valence-corrected chi connectivity index (χ4v) is 4.13. The molecule has 150 valence electrons. The van der Waals surface area contributed by atoms with Crippen LogP contribution in [0.5, 0.6) is 0 Å². The number of nitro benzene ring substituents is 1. The molecule has 7 nitrogen and oxygen atoms in total. The van der Waals surface area contributed by atoms with Gasteiger partial charge in [0.2, 0.25) is 0 Å². The number of rotatable bonds is 4. The average molecular weight is 418 g/mol. The van der Waals surface area contributed by atoms with Crippen molar-refractivity contribution in [2.45, 2.75) is 13.8 Å². The second-order valence-electron chi connectivity index (χ2n) is 6.75. The number of benzene rings is 2. The van der Waals surface area contributed by atoms with Crippen molar-refractivity contribution in [3.63, 3.8) is 0 Å². The predicted octanol–water partition coefficient (Wildman–Crippen LogP) is 4.89. The molecule has 2 aromatic carbocycles. The maximum atomic E-state index is 12.4. The number of para-hydroxylation sites is 1. The number of nitrogens with one attached hydrogen (secondary N) is 1. The Bertz CT molecular complexity index is 1200. The van der Waals surface area contributed by atoms with Crippen molar-refractivity contribution in [3.8, 4) is 5.69 Å². The number of thioether (sulfide) groups is 1. The quantitative estimate of drug-likeness (QED) is 0.371. The number of aromatic nitrogens is 1. The van der Waals surface area contributed by atoms with Crippen molar-refractivity contribution >= 4 is 40.3 Å². The van der Waals surface area contributed by atoms with Crippen LogP contribution in [0.25, 0.3) is 11.8 Å². The van der Waals surface area contributed by atoms with Crippen LogP contribution >= 0.6 is 11.8 Å². The number of nitrogens with zero attached hydrogens (tertiary/aromatic N) is 3. The van der Waals surface area contributed by atoms with E-state index in [1.54, 1.807) is 12.1 Å². The van der Waals surface area contributed by atoms with Gasteiger partial charge in [0.15, 0.2) is 5.17 Å². The van der Waals surface area contributed by atoms with E-state index in [-0.39, 0.29) is 11.6 Å². The van der Waals surface area contributed by atoms with Crippen molar-refractivity contribution in [1.29, 1.82) is 0 Å². The summed E-state index contributed by atoms with van der Waals surface area (Å²) in [6.45, 7) is 3.91. The van der Waals surface area contributed by atoms with Gasteiger partial charge in [-0.2, -0.15) is 0 Å². The molecule has 0 atom stereocenters. The van der Waals surface area contributed by atoms with Gasteiger partial charge in [0.25, 0.3) is 11.6 Å². The van der Waals surface area contributed by atoms with Gasteiger partial charge >= 0.3 is 0 Å². The fourth-order valence-electron chi connectivity index (χ4n) is 3.30. The lowest BCUT2D eigenvalue weighted by Crippen LogP contribution is -2.19. The maximum absolute atomic E-state index is 12.4. The molecule has 1 aromatic heterocycles. The Labute approximate surface area is 177 Å². The molecule has 0 saturated carbocycles. The van der Waals surface area contributed by atoms with Gasteiger partial charge in [-0.05, 0) is 67.6 Å². The first kappa shape index (κ1) is 19.7. The van der Waals surface area contributed by atoms with E-state index in [1.807, 2.05) is 60.9 Å². The number of carbonyl (C=O) groups is 1. The maximum Gasteiger partial charge on any atom is 0.269 e. The molecule has 0 radical (unpaired) electrons. The molecule has 1 aliphatic rings. The molecule has 1 fully saturated rings. The highest BCUT2D eigenvalue weighted by molar-refractivity contribution is 8.18. The second-order valence-corrected chi connectivity index (χ2v) is 7.78. The van der Waals surface area contributed by atoms with Crippen LogP contribution < -0.4 is 5.32 Å². The topological polar surface area (TPSA) is 89.5 Å². The zero-order chi connectivity index (χ0) is 21.3. The lowest BCUT2D eigenvalue weighted by molar-refractivity contribution is -0.384. The average Bonchev–Trinajstić information content (AvgIpc) is 3.21. The molecule has 8 heteroatoms. The number of amides is 1. The number of hydrogen-bond donors (Lipinski definition) is 1. The zero-order valence-electron chi connectivity index (χ0n) is 16.3. The van der Waals surface area contributed by atoms with Crippen molar-refractivity contribution in [3.05, 3.63) is 92.6 Å². The normalized spacial score (nSPS) is 16.3. The van der Waals surface area contributed by atoms with Crippen LogP contribution in [-0.2, 0) is 4.79 Å². The Kier molecular flexibility index (Phi) is 5.24.